The molecule has 0 fully saturated rings. The fourth-order valence-electron chi connectivity index (χ4n) is 0.707. The summed E-state index contributed by atoms with van der Waals surface area (Å²) in [6.07, 6.45) is 0. The summed E-state index contributed by atoms with van der Waals surface area (Å²) in [6.45, 7) is 3.92. The van der Waals surface area contributed by atoms with Gasteiger partial charge in [0.2, 0.25) is 10.0 Å². The topological polar surface area (TPSA) is 81.4 Å². The molecule has 0 amide bonds. The summed E-state index contributed by atoms with van der Waals surface area (Å²) in [5, 5.41) is 0. The van der Waals surface area contributed by atoms with Crippen molar-refractivity contribution in [2.45, 2.75) is 19.4 Å². The van der Waals surface area contributed by atoms with Crippen molar-refractivity contribution in [3.8, 4) is 0 Å². The number of nitrogens with two attached hydrogens (primary N) is 1. The van der Waals surface area contributed by atoms with Crippen LogP contribution in [0.3, 0.4) is 0 Å². The Kier molecular flexibility index (Phi) is 7.77. The van der Waals surface area contributed by atoms with Gasteiger partial charge in [0.1, 0.15) is 0 Å². The summed E-state index contributed by atoms with van der Waals surface area (Å²) in [6, 6.07) is 0. The van der Waals surface area contributed by atoms with E-state index in [-0.39, 0.29) is 31.3 Å². The molecule has 0 rings (SSSR count). The Labute approximate surface area is 91.8 Å². The molecule has 0 aliphatic rings. The van der Waals surface area contributed by atoms with E-state index in [0.717, 1.165) is 0 Å². The van der Waals surface area contributed by atoms with Crippen molar-refractivity contribution in [1.82, 2.24) is 4.72 Å². The molecule has 3 N–H and O–H groups in total. The van der Waals surface area contributed by atoms with Crippen molar-refractivity contribution in [2.75, 3.05) is 26.0 Å². The Morgan fingerprint density at radius 2 is 1.93 bits per heavy atom. The first-order valence-corrected chi connectivity index (χ1v) is 5.69. The quantitative estimate of drug-likeness (QED) is 0.675. The number of hydrogen-bond donors (Lipinski definition) is 2. The molecule has 0 unspecified atom stereocenters. The SMILES string of the molecule is COCCS(=O)(=O)NC(C)(C)CN.Cl. The van der Waals surface area contributed by atoms with E-state index in [2.05, 4.69) is 9.46 Å². The van der Waals surface area contributed by atoms with Gasteiger partial charge in [0.15, 0.2) is 0 Å². The van der Waals surface area contributed by atoms with Crippen LogP contribution in [0.4, 0.5) is 0 Å². The van der Waals surface area contributed by atoms with Crippen LogP contribution in [0.25, 0.3) is 0 Å². The van der Waals surface area contributed by atoms with Crippen LogP contribution in [-0.4, -0.2) is 40.0 Å². The number of sulfonamides is 1. The van der Waals surface area contributed by atoms with Crippen molar-refractivity contribution in [3.63, 3.8) is 0 Å². The van der Waals surface area contributed by atoms with Crippen molar-refractivity contribution in [2.24, 2.45) is 5.73 Å². The first kappa shape index (κ1) is 16.5. The predicted octanol–water partition coefficient (Wildman–Crippen LogP) is -0.289. The summed E-state index contributed by atoms with van der Waals surface area (Å²) >= 11 is 0. The number of hydrogen-bond acceptors (Lipinski definition) is 4. The van der Waals surface area contributed by atoms with Gasteiger partial charge < -0.3 is 10.5 Å². The third-order valence-corrected chi connectivity index (χ3v) is 3.07. The van der Waals surface area contributed by atoms with Gasteiger partial charge in [-0.3, -0.25) is 0 Å². The lowest BCUT2D eigenvalue weighted by atomic mass is 10.1. The monoisotopic (exact) mass is 246 g/mol. The number of methoxy groups -OCH3 is 1. The van der Waals surface area contributed by atoms with Crippen molar-refractivity contribution in [1.29, 1.82) is 0 Å². The van der Waals surface area contributed by atoms with Gasteiger partial charge in [-0.2, -0.15) is 0 Å². The van der Waals surface area contributed by atoms with E-state index in [4.69, 9.17) is 5.73 Å². The molecule has 14 heavy (non-hydrogen) atoms. The second-order valence-electron chi connectivity index (χ2n) is 3.50. The van der Waals surface area contributed by atoms with Gasteiger partial charge in [-0.1, -0.05) is 0 Å². The lowest BCUT2D eigenvalue weighted by molar-refractivity contribution is 0.216. The molecule has 88 valence electrons. The maximum atomic E-state index is 11.3. The second-order valence-corrected chi connectivity index (χ2v) is 5.34. The molecule has 0 aromatic carbocycles. The van der Waals surface area contributed by atoms with E-state index in [1.165, 1.54) is 7.11 Å². The van der Waals surface area contributed by atoms with E-state index < -0.39 is 15.6 Å². The summed E-state index contributed by atoms with van der Waals surface area (Å²) in [5.41, 5.74) is 4.79. The van der Waals surface area contributed by atoms with Crippen LogP contribution in [0, 0.1) is 0 Å². The van der Waals surface area contributed by atoms with Crippen LogP contribution in [0.15, 0.2) is 0 Å². The van der Waals surface area contributed by atoms with Crippen molar-refractivity contribution < 1.29 is 13.2 Å². The Morgan fingerprint density at radius 1 is 1.43 bits per heavy atom. The van der Waals surface area contributed by atoms with E-state index in [1.54, 1.807) is 13.8 Å². The van der Waals surface area contributed by atoms with Crippen molar-refractivity contribution >= 4 is 22.4 Å². The van der Waals surface area contributed by atoms with Gasteiger partial charge in [0, 0.05) is 19.2 Å². The molecule has 0 aliphatic heterocycles. The van der Waals surface area contributed by atoms with Gasteiger partial charge in [-0.05, 0) is 13.8 Å². The zero-order valence-electron chi connectivity index (χ0n) is 8.74. The van der Waals surface area contributed by atoms with Gasteiger partial charge in [-0.15, -0.1) is 12.4 Å². The summed E-state index contributed by atoms with van der Waals surface area (Å²) in [7, 11) is -1.81. The van der Waals surface area contributed by atoms with Crippen LogP contribution in [-0.2, 0) is 14.8 Å². The molecule has 0 saturated carbocycles. The van der Waals surface area contributed by atoms with Crippen LogP contribution in [0.1, 0.15) is 13.8 Å². The maximum absolute atomic E-state index is 11.3. The third kappa shape index (κ3) is 7.52. The summed E-state index contributed by atoms with van der Waals surface area (Å²) < 4.78 is 29.8. The van der Waals surface area contributed by atoms with Gasteiger partial charge in [0.25, 0.3) is 0 Å². The largest absolute Gasteiger partial charge is 0.384 e. The Bertz CT molecular complexity index is 241. The normalized spacial score (nSPS) is 12.3. The average molecular weight is 247 g/mol. The molecule has 0 spiro atoms. The summed E-state index contributed by atoms with van der Waals surface area (Å²) in [4.78, 5) is 0. The molecule has 0 bridgehead atoms. The highest BCUT2D eigenvalue weighted by Crippen LogP contribution is 2.01. The van der Waals surface area contributed by atoms with Gasteiger partial charge in [0.05, 0.1) is 12.4 Å². The standard InChI is InChI=1S/C7H18N2O3S.ClH/c1-7(2,6-8)9-13(10,11)5-4-12-3;/h9H,4-6,8H2,1-3H3;1H. The summed E-state index contributed by atoms with van der Waals surface area (Å²) in [5.74, 6) is -0.0348. The van der Waals surface area contributed by atoms with Crippen LogP contribution < -0.4 is 10.5 Å². The molecule has 7 heteroatoms. The minimum absolute atomic E-state index is 0. The molecular weight excluding hydrogens is 228 g/mol. The lowest BCUT2D eigenvalue weighted by Gasteiger charge is -2.23. The highest BCUT2D eigenvalue weighted by Gasteiger charge is 2.22. The minimum atomic E-state index is -3.27. The molecule has 5 nitrogen and oxygen atoms in total. The number of ether oxygens (including phenoxy) is 1. The highest BCUT2D eigenvalue weighted by atomic mass is 35.5. The molecule has 0 heterocycles. The maximum Gasteiger partial charge on any atom is 0.214 e. The molecule has 0 aromatic rings. The molecule has 0 radical (unpaired) electrons. The lowest BCUT2D eigenvalue weighted by Crippen LogP contribution is -2.49. The van der Waals surface area contributed by atoms with Crippen LogP contribution in [0.2, 0.25) is 0 Å². The van der Waals surface area contributed by atoms with E-state index in [1.807, 2.05) is 0 Å². The molecule has 0 aliphatic carbocycles. The Morgan fingerprint density at radius 3 is 2.29 bits per heavy atom. The number of rotatable bonds is 6. The highest BCUT2D eigenvalue weighted by molar-refractivity contribution is 7.89. The molecular formula is C7H19ClN2O3S. The number of halogens is 1. The molecule has 0 atom stereocenters. The predicted molar refractivity (Wildman–Crippen MR) is 59.2 cm³/mol. The molecule has 0 aromatic heterocycles. The Hall–Kier alpha value is 0.120. The van der Waals surface area contributed by atoms with Gasteiger partial charge >= 0.3 is 0 Å². The zero-order chi connectivity index (χ0) is 10.5. The van der Waals surface area contributed by atoms with E-state index >= 15 is 0 Å². The van der Waals surface area contributed by atoms with E-state index in [9.17, 15) is 8.42 Å². The number of nitrogens with one attached hydrogen (secondary N) is 1. The molecule has 0 saturated heterocycles. The fourth-order valence-corrected chi connectivity index (χ4v) is 2.12. The minimum Gasteiger partial charge on any atom is -0.384 e. The average Bonchev–Trinajstić information content (AvgIpc) is 1.99. The van der Waals surface area contributed by atoms with Crippen LogP contribution in [0.5, 0.6) is 0 Å². The Balaban J connectivity index is 0. The first-order valence-electron chi connectivity index (χ1n) is 4.03. The zero-order valence-corrected chi connectivity index (χ0v) is 10.4. The first-order chi connectivity index (χ1) is 5.83. The third-order valence-electron chi connectivity index (χ3n) is 1.50. The smallest absolute Gasteiger partial charge is 0.214 e. The van der Waals surface area contributed by atoms with Crippen LogP contribution >= 0.6 is 12.4 Å². The van der Waals surface area contributed by atoms with Gasteiger partial charge in [-0.25, -0.2) is 13.1 Å². The fraction of sp³-hybridized carbons (Fsp3) is 1.00. The van der Waals surface area contributed by atoms with E-state index in [0.29, 0.717) is 0 Å². The van der Waals surface area contributed by atoms with Crippen molar-refractivity contribution in [3.05, 3.63) is 0 Å². The second kappa shape index (κ2) is 6.58.